The third kappa shape index (κ3) is 7.00. The number of fused-ring (bicyclic) bond motifs is 1. The molecule has 6 heteroatoms. The molecule has 55 heavy (non-hydrogen) atoms. The van der Waals surface area contributed by atoms with Gasteiger partial charge in [-0.1, -0.05) is 121 Å². The Bertz CT molecular complexity index is 2350. The van der Waals surface area contributed by atoms with Crippen LogP contribution in [0.25, 0.3) is 32.8 Å². The van der Waals surface area contributed by atoms with Gasteiger partial charge < -0.3 is 18.9 Å². The van der Waals surface area contributed by atoms with Crippen LogP contribution in [0.15, 0.2) is 146 Å². The maximum Gasteiger partial charge on any atom is 0.302 e. The number of ether oxygens (including phenoxy) is 4. The van der Waals surface area contributed by atoms with Gasteiger partial charge in [-0.25, -0.2) is 0 Å². The predicted molar refractivity (Wildman–Crippen MR) is 218 cm³/mol. The number of aryl methyl sites for hydroxylation is 1. The van der Waals surface area contributed by atoms with Crippen molar-refractivity contribution in [2.45, 2.75) is 51.4 Å². The lowest BCUT2D eigenvalue weighted by Gasteiger charge is -2.39. The van der Waals surface area contributed by atoms with Gasteiger partial charge in [0.25, 0.3) is 0 Å². The summed E-state index contributed by atoms with van der Waals surface area (Å²) in [5.74, 6) is 0.490. The maximum absolute atomic E-state index is 12.1. The summed E-state index contributed by atoms with van der Waals surface area (Å²) >= 11 is 0. The van der Waals surface area contributed by atoms with Crippen molar-refractivity contribution in [3.05, 3.63) is 179 Å². The average Bonchev–Trinajstić information content (AvgIpc) is 3.21. The van der Waals surface area contributed by atoms with Crippen LogP contribution < -0.4 is 4.74 Å². The second kappa shape index (κ2) is 15.1. The Morgan fingerprint density at radius 2 is 1.42 bits per heavy atom. The number of nitrogens with zero attached hydrogens (tertiary/aromatic N) is 1. The number of hydrogen-bond acceptors (Lipinski definition) is 6. The van der Waals surface area contributed by atoms with E-state index < -0.39 is 17.3 Å². The molecular weight excluding hydrogens is 683 g/mol. The Kier molecular flexibility index (Phi) is 9.95. The fourth-order valence-electron chi connectivity index (χ4n) is 8.15. The molecule has 1 aliphatic heterocycles. The van der Waals surface area contributed by atoms with Crippen LogP contribution in [0.3, 0.4) is 0 Å². The maximum atomic E-state index is 12.1. The number of carbonyl (C=O) groups excluding carboxylic acids is 1. The van der Waals surface area contributed by atoms with Crippen LogP contribution in [0.1, 0.15) is 60.3 Å². The van der Waals surface area contributed by atoms with Crippen LogP contribution in [0, 0.1) is 6.92 Å². The largest absolute Gasteiger partial charge is 0.493 e. The van der Waals surface area contributed by atoms with E-state index in [9.17, 15) is 4.79 Å². The molecule has 1 aliphatic rings. The first-order valence-electron chi connectivity index (χ1n) is 18.9. The lowest BCUT2D eigenvalue weighted by molar-refractivity contribution is -0.164. The summed E-state index contributed by atoms with van der Waals surface area (Å²) in [7, 11) is 0. The van der Waals surface area contributed by atoms with Gasteiger partial charge in [0.1, 0.15) is 24.1 Å². The number of rotatable bonds is 12. The van der Waals surface area contributed by atoms with Crippen LogP contribution in [0.5, 0.6) is 5.75 Å². The monoisotopic (exact) mass is 727 g/mol. The normalized spacial score (nSPS) is 13.4. The molecule has 0 saturated carbocycles. The highest BCUT2D eigenvalue weighted by molar-refractivity contribution is 6.08. The molecule has 0 aliphatic carbocycles. The van der Waals surface area contributed by atoms with Crippen molar-refractivity contribution in [3.8, 4) is 16.9 Å². The first-order chi connectivity index (χ1) is 26.7. The first-order valence-corrected chi connectivity index (χ1v) is 18.9. The minimum atomic E-state index is -0.991. The zero-order chi connectivity index (χ0) is 38.0. The molecule has 276 valence electrons. The molecule has 6 aromatic carbocycles. The van der Waals surface area contributed by atoms with Gasteiger partial charge in [0.15, 0.2) is 0 Å². The topological polar surface area (TPSA) is 66.9 Å². The number of esters is 1. The Morgan fingerprint density at radius 3 is 2.05 bits per heavy atom. The Morgan fingerprint density at radius 1 is 0.800 bits per heavy atom. The van der Waals surface area contributed by atoms with Crippen molar-refractivity contribution in [2.75, 3.05) is 19.8 Å². The van der Waals surface area contributed by atoms with Gasteiger partial charge in [-0.2, -0.15) is 0 Å². The van der Waals surface area contributed by atoms with E-state index in [0.717, 1.165) is 72.8 Å². The van der Waals surface area contributed by atoms with Gasteiger partial charge in [-0.15, -0.1) is 0 Å². The summed E-state index contributed by atoms with van der Waals surface area (Å²) in [6, 6.07) is 48.1. The standard InChI is InChI=1S/C49H45NO5/c1-33-30-36-16-14-15-23-40(36)46(41-24-25-42-45-35(27-29-52-42)26-28-50-47(41)45)44(33)43(55-48(3,4)32-53-34(2)51)31-54-49(37-17-8-5-9-18-37,38-19-10-6-11-20-38)39-21-12-7-13-22-39/h5-26,28,30,43H,27,29,31-32H2,1-4H3/t43-/m1/s1. The second-order valence-electron chi connectivity index (χ2n) is 14.8. The summed E-state index contributed by atoms with van der Waals surface area (Å²) in [6.45, 7) is 8.35. The minimum absolute atomic E-state index is 0.0713. The van der Waals surface area contributed by atoms with E-state index in [1.165, 1.54) is 12.5 Å². The lowest BCUT2D eigenvalue weighted by atomic mass is 9.80. The lowest BCUT2D eigenvalue weighted by Crippen LogP contribution is -2.38. The van der Waals surface area contributed by atoms with E-state index in [-0.39, 0.29) is 19.2 Å². The number of benzene rings is 6. The van der Waals surface area contributed by atoms with Crippen molar-refractivity contribution >= 4 is 27.6 Å². The quantitative estimate of drug-likeness (QED) is 0.0922. The predicted octanol–water partition coefficient (Wildman–Crippen LogP) is 10.7. The van der Waals surface area contributed by atoms with Crippen molar-refractivity contribution in [3.63, 3.8) is 0 Å². The van der Waals surface area contributed by atoms with Crippen molar-refractivity contribution in [1.29, 1.82) is 0 Å². The molecule has 0 bridgehead atoms. The number of hydrogen-bond donors (Lipinski definition) is 0. The smallest absolute Gasteiger partial charge is 0.302 e. The van der Waals surface area contributed by atoms with Crippen molar-refractivity contribution < 1.29 is 23.7 Å². The molecule has 0 amide bonds. The molecule has 1 aromatic heterocycles. The highest BCUT2D eigenvalue weighted by Crippen LogP contribution is 2.47. The summed E-state index contributed by atoms with van der Waals surface area (Å²) in [5.41, 5.74) is 7.28. The van der Waals surface area contributed by atoms with Crippen molar-refractivity contribution in [2.24, 2.45) is 0 Å². The average molecular weight is 728 g/mol. The molecule has 1 atom stereocenters. The minimum Gasteiger partial charge on any atom is -0.493 e. The molecule has 0 fully saturated rings. The summed E-state index contributed by atoms with van der Waals surface area (Å²) in [6.07, 6.45) is 2.10. The van der Waals surface area contributed by atoms with Crippen LogP contribution in [-0.2, 0) is 31.0 Å². The Hall–Kier alpha value is -5.82. The summed E-state index contributed by atoms with van der Waals surface area (Å²) in [5, 5.41) is 3.23. The first kappa shape index (κ1) is 36.2. The second-order valence-corrected chi connectivity index (χ2v) is 14.8. The van der Waals surface area contributed by atoms with Gasteiger partial charge in [0, 0.05) is 30.5 Å². The van der Waals surface area contributed by atoms with Gasteiger partial charge in [-0.3, -0.25) is 9.78 Å². The molecule has 8 rings (SSSR count). The Labute approximate surface area is 322 Å². The fraction of sp³-hybridized carbons (Fsp3) is 0.224. The van der Waals surface area contributed by atoms with E-state index >= 15 is 0 Å². The van der Waals surface area contributed by atoms with Gasteiger partial charge in [0.2, 0.25) is 0 Å². The van der Waals surface area contributed by atoms with E-state index in [1.807, 2.05) is 38.2 Å². The molecule has 0 saturated heterocycles. The molecule has 7 aromatic rings. The molecule has 0 spiro atoms. The molecule has 0 N–H and O–H groups in total. The number of pyridine rings is 1. The van der Waals surface area contributed by atoms with E-state index in [0.29, 0.717) is 6.61 Å². The van der Waals surface area contributed by atoms with Crippen LogP contribution in [0.4, 0.5) is 0 Å². The zero-order valence-electron chi connectivity index (χ0n) is 31.8. The Balaban J connectivity index is 1.37. The van der Waals surface area contributed by atoms with Crippen LogP contribution in [-0.4, -0.2) is 36.4 Å². The van der Waals surface area contributed by atoms with E-state index in [4.69, 9.17) is 23.9 Å². The number of carbonyl (C=O) groups is 1. The molecular formula is C49H45NO5. The zero-order valence-corrected chi connectivity index (χ0v) is 31.8. The van der Waals surface area contributed by atoms with Crippen molar-refractivity contribution in [1.82, 2.24) is 4.98 Å². The highest BCUT2D eigenvalue weighted by Gasteiger charge is 2.40. The third-order valence-corrected chi connectivity index (χ3v) is 10.5. The fourth-order valence-corrected chi connectivity index (χ4v) is 8.15. The highest BCUT2D eigenvalue weighted by atomic mass is 16.6. The van der Waals surface area contributed by atoms with Gasteiger partial charge in [0.05, 0.1) is 24.3 Å². The third-order valence-electron chi connectivity index (χ3n) is 10.5. The van der Waals surface area contributed by atoms with Crippen LogP contribution >= 0.6 is 0 Å². The van der Waals surface area contributed by atoms with Gasteiger partial charge >= 0.3 is 5.97 Å². The summed E-state index contributed by atoms with van der Waals surface area (Å²) < 4.78 is 26.5. The number of aromatic nitrogens is 1. The molecule has 6 nitrogen and oxygen atoms in total. The molecule has 2 heterocycles. The molecule has 0 unspecified atom stereocenters. The van der Waals surface area contributed by atoms with E-state index in [2.05, 4.69) is 128 Å². The summed E-state index contributed by atoms with van der Waals surface area (Å²) in [4.78, 5) is 17.1. The van der Waals surface area contributed by atoms with Crippen LogP contribution in [0.2, 0.25) is 0 Å². The van der Waals surface area contributed by atoms with Gasteiger partial charge in [-0.05, 0) is 88.7 Å². The SMILES string of the molecule is CC(=O)OCC(C)(C)O[C@H](COC(c1ccccc1)(c1ccccc1)c1ccccc1)c1c(C)cc2ccccc2c1-c1ccc2c3c(ccnc13)CCO2. The molecule has 0 radical (unpaired) electrons. The van der Waals surface area contributed by atoms with E-state index in [1.54, 1.807) is 0 Å².